The van der Waals surface area contributed by atoms with Crippen LogP contribution in [0.4, 0.5) is 0 Å². The Bertz CT molecular complexity index is 754. The average Bonchev–Trinajstić information content (AvgIpc) is 3.29. The number of hydrogen-bond donors (Lipinski definition) is 1. The number of amides is 1. The molecular weight excluding hydrogens is 310 g/mol. The third kappa shape index (κ3) is 3.40. The Hall–Kier alpha value is -2.83. The van der Waals surface area contributed by atoms with Gasteiger partial charge < -0.3 is 19.4 Å². The van der Waals surface area contributed by atoms with Gasteiger partial charge in [0.25, 0.3) is 5.91 Å². The van der Waals surface area contributed by atoms with Gasteiger partial charge in [0.05, 0.1) is 19.4 Å². The summed E-state index contributed by atoms with van der Waals surface area (Å²) >= 11 is 0. The predicted molar refractivity (Wildman–Crippen MR) is 87.6 cm³/mol. The van der Waals surface area contributed by atoms with Crippen molar-refractivity contribution in [3.63, 3.8) is 0 Å². The molecule has 1 aliphatic rings. The van der Waals surface area contributed by atoms with Crippen molar-refractivity contribution in [1.82, 2.24) is 10.5 Å². The van der Waals surface area contributed by atoms with Crippen LogP contribution in [0.3, 0.4) is 0 Å². The highest BCUT2D eigenvalue weighted by atomic mass is 16.6. The molecule has 3 rings (SSSR count). The summed E-state index contributed by atoms with van der Waals surface area (Å²) in [4.78, 5) is 17.2. The van der Waals surface area contributed by atoms with Crippen LogP contribution in [0.5, 0.6) is 5.75 Å². The van der Waals surface area contributed by atoms with Crippen LogP contribution in [0.1, 0.15) is 25.5 Å². The Kier molecular flexibility index (Phi) is 4.79. The van der Waals surface area contributed by atoms with E-state index in [2.05, 4.69) is 15.6 Å². The zero-order valence-corrected chi connectivity index (χ0v) is 13.6. The van der Waals surface area contributed by atoms with Crippen molar-refractivity contribution >= 4 is 11.6 Å². The molecule has 126 valence electrons. The van der Waals surface area contributed by atoms with Crippen molar-refractivity contribution in [2.24, 2.45) is 5.16 Å². The number of carbonyl (C=O) groups excluding carboxylic acids is 1. The fraction of sp³-hybridized carbons (Fsp3) is 0.353. The smallest absolute Gasteiger partial charge is 0.264 e. The fourth-order valence-corrected chi connectivity index (χ4v) is 2.44. The summed E-state index contributed by atoms with van der Waals surface area (Å²) < 4.78 is 10.6. The molecule has 1 aromatic heterocycles. The molecular formula is C17H19N3O4. The number of ether oxygens (including phenoxy) is 1. The summed E-state index contributed by atoms with van der Waals surface area (Å²) in [5, 5.41) is 10.7. The van der Waals surface area contributed by atoms with Crippen molar-refractivity contribution in [3.8, 4) is 17.0 Å². The molecule has 0 unspecified atom stereocenters. The summed E-state index contributed by atoms with van der Waals surface area (Å²) in [6.45, 7) is 2.22. The van der Waals surface area contributed by atoms with E-state index in [0.717, 1.165) is 17.7 Å². The van der Waals surface area contributed by atoms with Crippen LogP contribution in [-0.2, 0) is 16.2 Å². The van der Waals surface area contributed by atoms with Gasteiger partial charge in [-0.3, -0.25) is 4.79 Å². The normalized spacial score (nSPS) is 16.4. The molecule has 0 bridgehead atoms. The lowest BCUT2D eigenvalue weighted by Gasteiger charge is -2.07. The molecule has 1 atom stereocenters. The summed E-state index contributed by atoms with van der Waals surface area (Å²) in [6, 6.07) is 9.32. The number of oxime groups is 1. The molecule has 7 nitrogen and oxygen atoms in total. The van der Waals surface area contributed by atoms with Gasteiger partial charge in [-0.15, -0.1) is 0 Å². The van der Waals surface area contributed by atoms with Crippen molar-refractivity contribution < 1.29 is 18.9 Å². The van der Waals surface area contributed by atoms with Crippen LogP contribution in [0, 0.1) is 0 Å². The molecule has 0 saturated carbocycles. The number of carbonyl (C=O) groups is 1. The third-order valence-electron chi connectivity index (χ3n) is 3.81. The molecule has 2 aromatic rings. The van der Waals surface area contributed by atoms with Gasteiger partial charge in [0.2, 0.25) is 6.10 Å². The molecule has 0 aliphatic carbocycles. The van der Waals surface area contributed by atoms with Gasteiger partial charge in [-0.1, -0.05) is 29.4 Å². The number of benzene rings is 1. The topological polar surface area (TPSA) is 86.0 Å². The van der Waals surface area contributed by atoms with E-state index < -0.39 is 6.10 Å². The minimum atomic E-state index is -0.559. The summed E-state index contributed by atoms with van der Waals surface area (Å²) in [7, 11) is 1.61. The van der Waals surface area contributed by atoms with E-state index >= 15 is 0 Å². The Balaban J connectivity index is 1.60. The lowest BCUT2D eigenvalue weighted by molar-refractivity contribution is -0.131. The number of nitrogens with zero attached hydrogens (tertiary/aromatic N) is 2. The van der Waals surface area contributed by atoms with Crippen LogP contribution >= 0.6 is 0 Å². The zero-order chi connectivity index (χ0) is 16.9. The van der Waals surface area contributed by atoms with E-state index in [4.69, 9.17) is 14.1 Å². The highest BCUT2D eigenvalue weighted by Gasteiger charge is 2.27. The van der Waals surface area contributed by atoms with Gasteiger partial charge in [-0.2, -0.15) is 0 Å². The molecule has 2 heterocycles. The maximum Gasteiger partial charge on any atom is 0.264 e. The molecule has 7 heteroatoms. The standard InChI is InChI=1S/C17H19N3O4/c1-3-11-8-16(24-19-11)17(21)18-10-12-9-14(20-23-12)13-6-4-5-7-15(13)22-2/h4-7,9,16H,3,8,10H2,1-2H3,(H,18,21)/t16-/m1/s1. The number of nitrogens with one attached hydrogen (secondary N) is 1. The van der Waals surface area contributed by atoms with E-state index in [9.17, 15) is 4.79 Å². The van der Waals surface area contributed by atoms with Gasteiger partial charge in [0, 0.05) is 18.1 Å². The highest BCUT2D eigenvalue weighted by Crippen LogP contribution is 2.28. The quantitative estimate of drug-likeness (QED) is 0.880. The van der Waals surface area contributed by atoms with E-state index in [1.807, 2.05) is 31.2 Å². The van der Waals surface area contributed by atoms with E-state index in [1.165, 1.54) is 0 Å². The first kappa shape index (κ1) is 16.0. The molecule has 0 radical (unpaired) electrons. The SMILES string of the molecule is CCC1=NO[C@@H](C(=O)NCc2cc(-c3ccccc3OC)no2)C1. The van der Waals surface area contributed by atoms with Gasteiger partial charge in [-0.05, 0) is 18.6 Å². The first-order valence-electron chi connectivity index (χ1n) is 7.79. The first-order chi connectivity index (χ1) is 11.7. The van der Waals surface area contributed by atoms with E-state index in [1.54, 1.807) is 13.2 Å². The lowest BCUT2D eigenvalue weighted by Crippen LogP contribution is -2.34. The van der Waals surface area contributed by atoms with Gasteiger partial charge >= 0.3 is 0 Å². The molecule has 1 aliphatic heterocycles. The Labute approximate surface area is 139 Å². The number of aromatic nitrogens is 1. The van der Waals surface area contributed by atoms with Gasteiger partial charge in [-0.25, -0.2) is 0 Å². The van der Waals surface area contributed by atoms with Crippen LogP contribution < -0.4 is 10.1 Å². The zero-order valence-electron chi connectivity index (χ0n) is 13.6. The maximum absolute atomic E-state index is 12.1. The van der Waals surface area contributed by atoms with Crippen molar-refractivity contribution in [3.05, 3.63) is 36.1 Å². The van der Waals surface area contributed by atoms with E-state index in [-0.39, 0.29) is 12.5 Å². The average molecular weight is 329 g/mol. The monoisotopic (exact) mass is 329 g/mol. The summed E-state index contributed by atoms with van der Waals surface area (Å²) in [6.07, 6.45) is 0.760. The predicted octanol–water partition coefficient (Wildman–Crippen LogP) is 2.52. The van der Waals surface area contributed by atoms with Crippen LogP contribution in [0.15, 0.2) is 40.0 Å². The highest BCUT2D eigenvalue weighted by molar-refractivity contribution is 5.92. The minimum absolute atomic E-state index is 0.211. The minimum Gasteiger partial charge on any atom is -0.496 e. The summed E-state index contributed by atoms with van der Waals surface area (Å²) in [5.41, 5.74) is 2.39. The number of para-hydroxylation sites is 1. The molecule has 0 saturated heterocycles. The van der Waals surface area contributed by atoms with Crippen molar-refractivity contribution in [2.75, 3.05) is 7.11 Å². The molecule has 1 aromatic carbocycles. The Morgan fingerprint density at radius 3 is 3.00 bits per heavy atom. The summed E-state index contributed by atoms with van der Waals surface area (Å²) in [5.74, 6) is 1.06. The number of methoxy groups -OCH3 is 1. The van der Waals surface area contributed by atoms with Crippen LogP contribution in [0.2, 0.25) is 0 Å². The molecule has 0 fully saturated rings. The van der Waals surface area contributed by atoms with Crippen molar-refractivity contribution in [2.45, 2.75) is 32.4 Å². The number of rotatable bonds is 6. The Morgan fingerprint density at radius 2 is 2.25 bits per heavy atom. The fourth-order valence-electron chi connectivity index (χ4n) is 2.44. The van der Waals surface area contributed by atoms with Crippen LogP contribution in [0.25, 0.3) is 11.3 Å². The number of hydrogen-bond acceptors (Lipinski definition) is 6. The Morgan fingerprint density at radius 1 is 1.42 bits per heavy atom. The molecule has 1 N–H and O–H groups in total. The largest absolute Gasteiger partial charge is 0.496 e. The maximum atomic E-state index is 12.1. The lowest BCUT2D eigenvalue weighted by atomic mass is 10.1. The first-order valence-corrected chi connectivity index (χ1v) is 7.79. The van der Waals surface area contributed by atoms with Gasteiger partial charge in [0.15, 0.2) is 5.76 Å². The van der Waals surface area contributed by atoms with E-state index in [0.29, 0.717) is 23.6 Å². The molecule has 24 heavy (non-hydrogen) atoms. The van der Waals surface area contributed by atoms with Gasteiger partial charge in [0.1, 0.15) is 11.4 Å². The van der Waals surface area contributed by atoms with Crippen LogP contribution in [-0.4, -0.2) is 30.0 Å². The second kappa shape index (κ2) is 7.16. The van der Waals surface area contributed by atoms with Crippen molar-refractivity contribution in [1.29, 1.82) is 0 Å². The third-order valence-corrected chi connectivity index (χ3v) is 3.81. The second-order valence-corrected chi connectivity index (χ2v) is 5.41. The second-order valence-electron chi connectivity index (χ2n) is 5.41. The molecule has 0 spiro atoms. The molecule has 1 amide bonds.